The van der Waals surface area contributed by atoms with Gasteiger partial charge in [-0.05, 0) is 25.2 Å². The highest BCUT2D eigenvalue weighted by Crippen LogP contribution is 2.22. The summed E-state index contributed by atoms with van der Waals surface area (Å²) >= 11 is 0. The Bertz CT molecular complexity index is 165. The third-order valence-electron chi connectivity index (χ3n) is 3.50. The molecule has 0 aromatic rings. The third-order valence-corrected chi connectivity index (χ3v) is 3.50. The molecule has 3 atom stereocenters. The maximum Gasteiger partial charge on any atom is 0.0709 e. The molecule has 90 valence electrons. The van der Waals surface area contributed by atoms with Gasteiger partial charge in [0.15, 0.2) is 0 Å². The largest absolute Gasteiger partial charge is 0.377 e. The van der Waals surface area contributed by atoms with Crippen LogP contribution in [0.4, 0.5) is 0 Å². The minimum absolute atomic E-state index is 0.251. The molecule has 0 radical (unpaired) electrons. The zero-order valence-electron chi connectivity index (χ0n) is 10.4. The van der Waals surface area contributed by atoms with Crippen LogP contribution in [-0.2, 0) is 4.74 Å². The molecule has 1 aliphatic rings. The Hall–Kier alpha value is -0.120. The monoisotopic (exact) mass is 214 g/mol. The van der Waals surface area contributed by atoms with E-state index in [2.05, 4.69) is 18.7 Å². The number of nitrogens with zero attached hydrogens (tertiary/aromatic N) is 1. The normalized spacial score (nSPS) is 29.6. The van der Waals surface area contributed by atoms with Gasteiger partial charge < -0.3 is 15.4 Å². The van der Waals surface area contributed by atoms with E-state index in [0.717, 1.165) is 31.4 Å². The minimum Gasteiger partial charge on any atom is -0.377 e. The van der Waals surface area contributed by atoms with Crippen LogP contribution in [0, 0.1) is 11.8 Å². The molecule has 3 heteroatoms. The molecule has 1 aliphatic heterocycles. The van der Waals surface area contributed by atoms with Gasteiger partial charge in [0.2, 0.25) is 0 Å². The first kappa shape index (κ1) is 12.9. The Morgan fingerprint density at radius 1 is 1.33 bits per heavy atom. The molecule has 3 unspecified atom stereocenters. The molecule has 1 heterocycles. The van der Waals surface area contributed by atoms with Crippen molar-refractivity contribution in [1.82, 2.24) is 4.90 Å². The number of rotatable bonds is 6. The van der Waals surface area contributed by atoms with Gasteiger partial charge in [-0.3, -0.25) is 0 Å². The van der Waals surface area contributed by atoms with Crippen molar-refractivity contribution in [2.45, 2.75) is 33.3 Å². The lowest BCUT2D eigenvalue weighted by Crippen LogP contribution is -2.30. The van der Waals surface area contributed by atoms with Crippen molar-refractivity contribution in [2.24, 2.45) is 17.6 Å². The summed E-state index contributed by atoms with van der Waals surface area (Å²) < 4.78 is 5.55. The van der Waals surface area contributed by atoms with Crippen LogP contribution < -0.4 is 5.73 Å². The summed E-state index contributed by atoms with van der Waals surface area (Å²) in [7, 11) is 0. The Balaban J connectivity index is 2.19. The first-order chi connectivity index (χ1) is 7.17. The molecule has 0 aromatic carbocycles. The standard InChI is InChI=1S/C12H26N2O/c1-4-15-12(7-13)5-6-14-8-10(2)11(3)9-14/h10-12H,4-9,13H2,1-3H3. The Morgan fingerprint density at radius 3 is 2.40 bits per heavy atom. The lowest BCUT2D eigenvalue weighted by molar-refractivity contribution is 0.0558. The predicted octanol–water partition coefficient (Wildman–Crippen LogP) is 1.33. The second kappa shape index (κ2) is 6.46. The molecule has 15 heavy (non-hydrogen) atoms. The van der Waals surface area contributed by atoms with Crippen LogP contribution in [-0.4, -0.2) is 43.8 Å². The SMILES string of the molecule is CCOC(CN)CCN1CC(C)C(C)C1. The second-order valence-electron chi connectivity index (χ2n) is 4.82. The zero-order chi connectivity index (χ0) is 11.3. The van der Waals surface area contributed by atoms with Gasteiger partial charge in [0.1, 0.15) is 0 Å². The van der Waals surface area contributed by atoms with E-state index in [1.165, 1.54) is 13.1 Å². The average molecular weight is 214 g/mol. The smallest absolute Gasteiger partial charge is 0.0709 e. The maximum atomic E-state index is 5.65. The van der Waals surface area contributed by atoms with Crippen molar-refractivity contribution in [3.63, 3.8) is 0 Å². The van der Waals surface area contributed by atoms with Crippen molar-refractivity contribution < 1.29 is 4.74 Å². The van der Waals surface area contributed by atoms with Crippen molar-refractivity contribution in [1.29, 1.82) is 0 Å². The fraction of sp³-hybridized carbons (Fsp3) is 1.00. The molecular weight excluding hydrogens is 188 g/mol. The van der Waals surface area contributed by atoms with E-state index in [9.17, 15) is 0 Å². The molecule has 1 fully saturated rings. The molecule has 0 aliphatic carbocycles. The molecular formula is C12H26N2O. The van der Waals surface area contributed by atoms with Gasteiger partial charge in [-0.15, -0.1) is 0 Å². The summed E-state index contributed by atoms with van der Waals surface area (Å²) in [5, 5.41) is 0. The quantitative estimate of drug-likeness (QED) is 0.725. The van der Waals surface area contributed by atoms with Gasteiger partial charge in [-0.25, -0.2) is 0 Å². The van der Waals surface area contributed by atoms with Gasteiger partial charge in [-0.2, -0.15) is 0 Å². The lowest BCUT2D eigenvalue weighted by Gasteiger charge is -2.20. The summed E-state index contributed by atoms with van der Waals surface area (Å²) in [5.41, 5.74) is 5.65. The van der Waals surface area contributed by atoms with E-state index >= 15 is 0 Å². The molecule has 0 spiro atoms. The third kappa shape index (κ3) is 4.09. The number of likely N-dealkylation sites (tertiary alicyclic amines) is 1. The van der Waals surface area contributed by atoms with E-state index in [4.69, 9.17) is 10.5 Å². The van der Waals surface area contributed by atoms with Crippen molar-refractivity contribution in [3.8, 4) is 0 Å². The van der Waals surface area contributed by atoms with Gasteiger partial charge in [0.25, 0.3) is 0 Å². The van der Waals surface area contributed by atoms with Crippen LogP contribution in [0.5, 0.6) is 0 Å². The first-order valence-electron chi connectivity index (χ1n) is 6.21. The first-order valence-corrected chi connectivity index (χ1v) is 6.21. The number of hydrogen-bond donors (Lipinski definition) is 1. The minimum atomic E-state index is 0.251. The molecule has 1 saturated heterocycles. The molecule has 2 N–H and O–H groups in total. The molecule has 3 nitrogen and oxygen atoms in total. The van der Waals surface area contributed by atoms with Gasteiger partial charge in [0.05, 0.1) is 6.10 Å². The molecule has 0 amide bonds. The Morgan fingerprint density at radius 2 is 1.93 bits per heavy atom. The topological polar surface area (TPSA) is 38.5 Å². The number of hydrogen-bond acceptors (Lipinski definition) is 3. The molecule has 0 aromatic heterocycles. The van der Waals surface area contributed by atoms with E-state index in [1.54, 1.807) is 0 Å². The van der Waals surface area contributed by atoms with Crippen molar-refractivity contribution >= 4 is 0 Å². The Labute approximate surface area is 94.0 Å². The highest BCUT2D eigenvalue weighted by molar-refractivity contribution is 4.79. The predicted molar refractivity (Wildman–Crippen MR) is 63.9 cm³/mol. The highest BCUT2D eigenvalue weighted by atomic mass is 16.5. The molecule has 1 rings (SSSR count). The van der Waals surface area contributed by atoms with Crippen LogP contribution >= 0.6 is 0 Å². The Kier molecular flexibility index (Phi) is 5.58. The molecule has 0 saturated carbocycles. The van der Waals surface area contributed by atoms with E-state index in [-0.39, 0.29) is 6.10 Å². The van der Waals surface area contributed by atoms with Crippen LogP contribution in [0.1, 0.15) is 27.2 Å². The summed E-state index contributed by atoms with van der Waals surface area (Å²) in [4.78, 5) is 2.54. The number of ether oxygens (including phenoxy) is 1. The summed E-state index contributed by atoms with van der Waals surface area (Å²) in [6, 6.07) is 0. The van der Waals surface area contributed by atoms with E-state index in [0.29, 0.717) is 6.54 Å². The van der Waals surface area contributed by atoms with Crippen molar-refractivity contribution in [3.05, 3.63) is 0 Å². The van der Waals surface area contributed by atoms with Crippen LogP contribution in [0.25, 0.3) is 0 Å². The summed E-state index contributed by atoms with van der Waals surface area (Å²) in [6.45, 7) is 11.7. The highest BCUT2D eigenvalue weighted by Gasteiger charge is 2.25. The average Bonchev–Trinajstić information content (AvgIpc) is 2.53. The summed E-state index contributed by atoms with van der Waals surface area (Å²) in [6.07, 6.45) is 1.32. The van der Waals surface area contributed by atoms with E-state index < -0.39 is 0 Å². The second-order valence-corrected chi connectivity index (χ2v) is 4.82. The van der Waals surface area contributed by atoms with Crippen LogP contribution in [0.15, 0.2) is 0 Å². The fourth-order valence-electron chi connectivity index (χ4n) is 2.26. The number of nitrogens with two attached hydrogens (primary N) is 1. The lowest BCUT2D eigenvalue weighted by atomic mass is 10.0. The van der Waals surface area contributed by atoms with Crippen LogP contribution in [0.2, 0.25) is 0 Å². The summed E-state index contributed by atoms with van der Waals surface area (Å²) in [5.74, 6) is 1.68. The van der Waals surface area contributed by atoms with Gasteiger partial charge in [0, 0.05) is 32.8 Å². The maximum absolute atomic E-state index is 5.65. The van der Waals surface area contributed by atoms with E-state index in [1.807, 2.05) is 6.92 Å². The van der Waals surface area contributed by atoms with Crippen LogP contribution in [0.3, 0.4) is 0 Å². The fourth-order valence-corrected chi connectivity index (χ4v) is 2.26. The van der Waals surface area contributed by atoms with Gasteiger partial charge in [-0.1, -0.05) is 13.8 Å². The van der Waals surface area contributed by atoms with Crippen molar-refractivity contribution in [2.75, 3.05) is 32.8 Å². The zero-order valence-corrected chi connectivity index (χ0v) is 10.4. The van der Waals surface area contributed by atoms with Gasteiger partial charge >= 0.3 is 0 Å². The molecule has 0 bridgehead atoms.